The van der Waals surface area contributed by atoms with Gasteiger partial charge in [0.1, 0.15) is 0 Å². The zero-order valence-electron chi connectivity index (χ0n) is 11.2. The molecule has 100 valence electrons. The van der Waals surface area contributed by atoms with Gasteiger partial charge in [0.05, 0.1) is 0 Å². The molecule has 2 fully saturated rings. The van der Waals surface area contributed by atoms with Gasteiger partial charge in [-0.1, -0.05) is 0 Å². The van der Waals surface area contributed by atoms with E-state index in [0.29, 0.717) is 0 Å². The van der Waals surface area contributed by atoms with Gasteiger partial charge in [0.25, 0.3) is 0 Å². The summed E-state index contributed by atoms with van der Waals surface area (Å²) in [6.07, 6.45) is 2.78. The fraction of sp³-hybridized carbons (Fsp3) is 1.00. The Morgan fingerprint density at radius 3 is 2.82 bits per heavy atom. The fourth-order valence-electron chi connectivity index (χ4n) is 2.92. The van der Waals surface area contributed by atoms with Crippen LogP contribution in [0.1, 0.15) is 12.8 Å². The number of rotatable bonds is 5. The predicted molar refractivity (Wildman–Crippen MR) is 72.4 cm³/mol. The van der Waals surface area contributed by atoms with Crippen LogP contribution >= 0.6 is 0 Å². The lowest BCUT2D eigenvalue weighted by atomic mass is 9.98. The second-order valence-electron chi connectivity index (χ2n) is 5.57. The topological polar surface area (TPSA) is 30.5 Å². The van der Waals surface area contributed by atoms with E-state index < -0.39 is 0 Å². The average molecular weight is 240 g/mol. The Hall–Kier alpha value is -0.160. The molecule has 2 N–H and O–H groups in total. The summed E-state index contributed by atoms with van der Waals surface area (Å²) in [5, 5.41) is 7.03. The summed E-state index contributed by atoms with van der Waals surface area (Å²) >= 11 is 0. The predicted octanol–water partition coefficient (Wildman–Crippen LogP) is -0.177. The molecule has 2 aliphatic heterocycles. The van der Waals surface area contributed by atoms with Crippen LogP contribution in [0.2, 0.25) is 0 Å². The van der Waals surface area contributed by atoms with Crippen molar-refractivity contribution in [2.24, 2.45) is 5.92 Å². The van der Waals surface area contributed by atoms with Crippen LogP contribution in [0.4, 0.5) is 0 Å². The van der Waals surface area contributed by atoms with Crippen molar-refractivity contribution in [3.05, 3.63) is 0 Å². The molecule has 0 aromatic carbocycles. The summed E-state index contributed by atoms with van der Waals surface area (Å²) in [5.41, 5.74) is 0. The van der Waals surface area contributed by atoms with Crippen LogP contribution in [0.3, 0.4) is 0 Å². The van der Waals surface area contributed by atoms with Gasteiger partial charge in [0.15, 0.2) is 0 Å². The molecule has 0 amide bonds. The summed E-state index contributed by atoms with van der Waals surface area (Å²) in [6.45, 7) is 10.9. The van der Waals surface area contributed by atoms with E-state index in [1.165, 1.54) is 52.1 Å². The van der Waals surface area contributed by atoms with E-state index in [2.05, 4.69) is 27.5 Å². The molecular formula is C13H28N4. The maximum atomic E-state index is 3.63. The van der Waals surface area contributed by atoms with Gasteiger partial charge in [-0.3, -0.25) is 4.90 Å². The third-order valence-electron chi connectivity index (χ3n) is 3.97. The summed E-state index contributed by atoms with van der Waals surface area (Å²) in [6, 6.07) is 0. The summed E-state index contributed by atoms with van der Waals surface area (Å²) < 4.78 is 0. The van der Waals surface area contributed by atoms with E-state index in [4.69, 9.17) is 0 Å². The van der Waals surface area contributed by atoms with E-state index in [9.17, 15) is 0 Å². The van der Waals surface area contributed by atoms with E-state index in [1.54, 1.807) is 0 Å². The minimum atomic E-state index is 0.872. The van der Waals surface area contributed by atoms with Crippen molar-refractivity contribution in [3.8, 4) is 0 Å². The molecule has 17 heavy (non-hydrogen) atoms. The average Bonchev–Trinajstić information content (AvgIpc) is 2.36. The second-order valence-corrected chi connectivity index (χ2v) is 5.57. The molecule has 4 heteroatoms. The van der Waals surface area contributed by atoms with E-state index in [-0.39, 0.29) is 0 Å². The van der Waals surface area contributed by atoms with Crippen LogP contribution in [-0.4, -0.2) is 75.8 Å². The summed E-state index contributed by atoms with van der Waals surface area (Å²) in [4.78, 5) is 5.02. The fourth-order valence-corrected chi connectivity index (χ4v) is 2.92. The molecule has 2 saturated heterocycles. The van der Waals surface area contributed by atoms with Crippen LogP contribution in [0.15, 0.2) is 0 Å². The molecule has 2 aliphatic rings. The molecule has 0 saturated carbocycles. The maximum absolute atomic E-state index is 3.63. The van der Waals surface area contributed by atoms with Gasteiger partial charge in [0, 0.05) is 45.8 Å². The Morgan fingerprint density at radius 1 is 1.24 bits per heavy atom. The van der Waals surface area contributed by atoms with Gasteiger partial charge in [-0.05, 0) is 38.9 Å². The van der Waals surface area contributed by atoms with Crippen molar-refractivity contribution in [1.29, 1.82) is 0 Å². The minimum absolute atomic E-state index is 0.872. The molecule has 2 rings (SSSR count). The van der Waals surface area contributed by atoms with Crippen LogP contribution in [-0.2, 0) is 0 Å². The Kier molecular flexibility index (Phi) is 5.71. The van der Waals surface area contributed by atoms with Crippen LogP contribution < -0.4 is 10.6 Å². The van der Waals surface area contributed by atoms with Gasteiger partial charge in [-0.2, -0.15) is 0 Å². The number of piperidine rings is 1. The first kappa shape index (κ1) is 13.3. The van der Waals surface area contributed by atoms with Gasteiger partial charge >= 0.3 is 0 Å². The van der Waals surface area contributed by atoms with Crippen LogP contribution in [0.25, 0.3) is 0 Å². The highest BCUT2D eigenvalue weighted by molar-refractivity contribution is 4.73. The number of hydrogen-bond donors (Lipinski definition) is 2. The highest BCUT2D eigenvalue weighted by Crippen LogP contribution is 2.13. The minimum Gasteiger partial charge on any atom is -0.315 e. The summed E-state index contributed by atoms with van der Waals surface area (Å²) in [7, 11) is 2.24. The molecule has 0 aliphatic carbocycles. The monoisotopic (exact) mass is 240 g/mol. The second kappa shape index (κ2) is 7.31. The number of likely N-dealkylation sites (tertiary alicyclic amines) is 1. The van der Waals surface area contributed by atoms with E-state index in [0.717, 1.165) is 25.6 Å². The van der Waals surface area contributed by atoms with Gasteiger partial charge in [-0.15, -0.1) is 0 Å². The molecule has 0 radical (unpaired) electrons. The first-order valence-corrected chi connectivity index (χ1v) is 7.17. The smallest absolute Gasteiger partial charge is 0.0108 e. The SMILES string of the molecule is CN1CCCC(CNCCN2CCNCC2)C1. The van der Waals surface area contributed by atoms with Gasteiger partial charge in [0.2, 0.25) is 0 Å². The molecule has 2 heterocycles. The standard InChI is InChI=1S/C13H28N4/c1-16-7-2-3-13(12-16)11-15-6-10-17-8-4-14-5-9-17/h13-15H,2-12H2,1H3. The van der Waals surface area contributed by atoms with E-state index >= 15 is 0 Å². The normalized spacial score (nSPS) is 28.4. The molecular weight excluding hydrogens is 212 g/mol. The lowest BCUT2D eigenvalue weighted by molar-refractivity contribution is 0.201. The molecule has 4 nitrogen and oxygen atoms in total. The Morgan fingerprint density at radius 2 is 2.06 bits per heavy atom. The third kappa shape index (κ3) is 4.92. The van der Waals surface area contributed by atoms with Crippen molar-refractivity contribution in [2.75, 3.05) is 66.0 Å². The largest absolute Gasteiger partial charge is 0.315 e. The van der Waals surface area contributed by atoms with Gasteiger partial charge in [-0.25, -0.2) is 0 Å². The zero-order valence-corrected chi connectivity index (χ0v) is 11.2. The quantitative estimate of drug-likeness (QED) is 0.653. The van der Waals surface area contributed by atoms with Crippen molar-refractivity contribution in [2.45, 2.75) is 12.8 Å². The maximum Gasteiger partial charge on any atom is 0.0108 e. The number of hydrogen-bond acceptors (Lipinski definition) is 4. The van der Waals surface area contributed by atoms with Crippen molar-refractivity contribution in [1.82, 2.24) is 20.4 Å². The van der Waals surface area contributed by atoms with Crippen molar-refractivity contribution in [3.63, 3.8) is 0 Å². The lowest BCUT2D eigenvalue weighted by Crippen LogP contribution is -2.46. The first-order valence-electron chi connectivity index (χ1n) is 7.17. The van der Waals surface area contributed by atoms with Crippen molar-refractivity contribution < 1.29 is 0 Å². The molecule has 0 aromatic heterocycles. The molecule has 0 spiro atoms. The molecule has 0 aromatic rings. The third-order valence-corrected chi connectivity index (χ3v) is 3.97. The number of nitrogens with one attached hydrogen (secondary N) is 2. The Bertz CT molecular complexity index is 204. The highest BCUT2D eigenvalue weighted by atomic mass is 15.2. The highest BCUT2D eigenvalue weighted by Gasteiger charge is 2.16. The lowest BCUT2D eigenvalue weighted by Gasteiger charge is -2.30. The first-order chi connectivity index (χ1) is 8.34. The molecule has 1 atom stereocenters. The molecule has 1 unspecified atom stereocenters. The van der Waals surface area contributed by atoms with Crippen LogP contribution in [0, 0.1) is 5.92 Å². The Labute approximate surface area is 106 Å². The van der Waals surface area contributed by atoms with Crippen LogP contribution in [0.5, 0.6) is 0 Å². The summed E-state index contributed by atoms with van der Waals surface area (Å²) in [5.74, 6) is 0.872. The van der Waals surface area contributed by atoms with Gasteiger partial charge < -0.3 is 15.5 Å². The zero-order chi connectivity index (χ0) is 11.9. The van der Waals surface area contributed by atoms with Crippen molar-refractivity contribution >= 4 is 0 Å². The Balaban J connectivity index is 1.50. The van der Waals surface area contributed by atoms with E-state index in [1.807, 2.05) is 0 Å². The number of nitrogens with zero attached hydrogens (tertiary/aromatic N) is 2. The molecule has 0 bridgehead atoms. The number of piperazine rings is 1.